The van der Waals surface area contributed by atoms with Gasteiger partial charge in [-0.2, -0.15) is 5.26 Å². The molecule has 0 fully saturated rings. The Labute approximate surface area is 110 Å². The predicted octanol–water partition coefficient (Wildman–Crippen LogP) is 3.90. The Balaban J connectivity index is 2.09. The quantitative estimate of drug-likeness (QED) is 0.688. The van der Waals surface area contributed by atoms with E-state index in [-0.39, 0.29) is 0 Å². The Kier molecular flexibility index (Phi) is 2.83. The van der Waals surface area contributed by atoms with E-state index in [0.717, 1.165) is 10.9 Å². The van der Waals surface area contributed by atoms with Crippen molar-refractivity contribution in [2.24, 2.45) is 0 Å². The third kappa shape index (κ3) is 2.12. The minimum atomic E-state index is 0.517. The lowest BCUT2D eigenvalue weighted by molar-refractivity contribution is 0.486. The minimum Gasteiger partial charge on any atom is -0.455 e. The van der Waals surface area contributed by atoms with Crippen LogP contribution >= 0.6 is 0 Å². The summed E-state index contributed by atoms with van der Waals surface area (Å²) in [4.78, 5) is 4.28. The normalized spacial score (nSPS) is 10.1. The number of fused-ring (bicyclic) bond motifs is 1. The second kappa shape index (κ2) is 4.79. The lowest BCUT2D eigenvalue weighted by atomic mass is 10.2. The molecule has 3 nitrogen and oxygen atoms in total. The van der Waals surface area contributed by atoms with Crippen molar-refractivity contribution < 1.29 is 4.74 Å². The van der Waals surface area contributed by atoms with Crippen LogP contribution in [-0.2, 0) is 0 Å². The molecular weight excluding hydrogens is 236 g/mol. The van der Waals surface area contributed by atoms with E-state index in [1.807, 2.05) is 42.5 Å². The van der Waals surface area contributed by atoms with Gasteiger partial charge < -0.3 is 4.74 Å². The zero-order chi connectivity index (χ0) is 13.1. The van der Waals surface area contributed by atoms with Gasteiger partial charge in [0.2, 0.25) is 0 Å². The molecule has 3 rings (SSSR count). The summed E-state index contributed by atoms with van der Waals surface area (Å²) in [5, 5.41) is 10.00. The summed E-state index contributed by atoms with van der Waals surface area (Å²) in [6, 6.07) is 18.8. The number of para-hydroxylation sites is 1. The van der Waals surface area contributed by atoms with E-state index in [1.165, 1.54) is 0 Å². The molecule has 0 bridgehead atoms. The van der Waals surface area contributed by atoms with Gasteiger partial charge in [-0.15, -0.1) is 0 Å². The molecule has 19 heavy (non-hydrogen) atoms. The standard InChI is InChI=1S/C16H10N2O/c17-11-12-5-1-2-8-15(12)19-16-9-3-7-14-13(16)6-4-10-18-14/h1-10H. The molecule has 0 N–H and O–H groups in total. The van der Waals surface area contributed by atoms with Crippen LogP contribution in [0.2, 0.25) is 0 Å². The molecule has 0 aliphatic carbocycles. The molecule has 0 atom stereocenters. The highest BCUT2D eigenvalue weighted by molar-refractivity contribution is 5.85. The molecule has 0 saturated heterocycles. The summed E-state index contributed by atoms with van der Waals surface area (Å²) in [5.41, 5.74) is 1.39. The maximum atomic E-state index is 9.07. The van der Waals surface area contributed by atoms with Crippen LogP contribution < -0.4 is 4.74 Å². The van der Waals surface area contributed by atoms with Crippen LogP contribution in [0.1, 0.15) is 5.56 Å². The van der Waals surface area contributed by atoms with Crippen molar-refractivity contribution in [2.45, 2.75) is 0 Å². The lowest BCUT2D eigenvalue weighted by Crippen LogP contribution is -1.89. The molecule has 0 unspecified atom stereocenters. The summed E-state index contributed by atoms with van der Waals surface area (Å²) in [5.74, 6) is 1.26. The third-order valence-corrected chi connectivity index (χ3v) is 2.83. The molecule has 0 aliphatic rings. The number of nitrogens with zero attached hydrogens (tertiary/aromatic N) is 2. The van der Waals surface area contributed by atoms with Crippen LogP contribution in [0, 0.1) is 11.3 Å². The summed E-state index contributed by atoms with van der Waals surface area (Å²) >= 11 is 0. The molecule has 2 aromatic carbocycles. The van der Waals surface area contributed by atoms with Crippen LogP contribution in [0.3, 0.4) is 0 Å². The molecule has 3 heteroatoms. The zero-order valence-electron chi connectivity index (χ0n) is 10.1. The van der Waals surface area contributed by atoms with Crippen molar-refractivity contribution in [2.75, 3.05) is 0 Å². The Morgan fingerprint density at radius 2 is 1.74 bits per heavy atom. The number of pyridine rings is 1. The average molecular weight is 246 g/mol. The molecule has 0 spiro atoms. The van der Waals surface area contributed by atoms with Gasteiger partial charge in [-0.25, -0.2) is 0 Å². The monoisotopic (exact) mass is 246 g/mol. The van der Waals surface area contributed by atoms with Gasteiger partial charge in [0.15, 0.2) is 0 Å². The molecule has 1 heterocycles. The fourth-order valence-electron chi connectivity index (χ4n) is 1.93. The Morgan fingerprint density at radius 3 is 2.63 bits per heavy atom. The van der Waals surface area contributed by atoms with Gasteiger partial charge in [0.25, 0.3) is 0 Å². The van der Waals surface area contributed by atoms with Crippen molar-refractivity contribution in [1.82, 2.24) is 4.98 Å². The largest absolute Gasteiger partial charge is 0.455 e. The van der Waals surface area contributed by atoms with Gasteiger partial charge in [0.05, 0.1) is 11.1 Å². The maximum absolute atomic E-state index is 9.07. The molecule has 1 aromatic heterocycles. The first-order chi connectivity index (χ1) is 9.38. The fourth-order valence-corrected chi connectivity index (χ4v) is 1.93. The Hall–Kier alpha value is -2.86. The Morgan fingerprint density at radius 1 is 0.895 bits per heavy atom. The van der Waals surface area contributed by atoms with Crippen LogP contribution in [0.25, 0.3) is 10.9 Å². The van der Waals surface area contributed by atoms with Crippen LogP contribution in [-0.4, -0.2) is 4.98 Å². The first kappa shape index (κ1) is 11.2. The number of aromatic nitrogens is 1. The van der Waals surface area contributed by atoms with Gasteiger partial charge in [-0.1, -0.05) is 18.2 Å². The first-order valence-electron chi connectivity index (χ1n) is 5.89. The highest BCUT2D eigenvalue weighted by Gasteiger charge is 2.06. The van der Waals surface area contributed by atoms with Crippen molar-refractivity contribution in [3.8, 4) is 17.6 Å². The number of benzene rings is 2. The number of hydrogen-bond acceptors (Lipinski definition) is 3. The minimum absolute atomic E-state index is 0.517. The third-order valence-electron chi connectivity index (χ3n) is 2.83. The number of ether oxygens (including phenoxy) is 1. The fraction of sp³-hybridized carbons (Fsp3) is 0. The molecule has 90 valence electrons. The molecule has 0 radical (unpaired) electrons. The number of rotatable bonds is 2. The van der Waals surface area contributed by atoms with Crippen molar-refractivity contribution in [1.29, 1.82) is 5.26 Å². The molecule has 0 aliphatic heterocycles. The SMILES string of the molecule is N#Cc1ccccc1Oc1cccc2ncccc12. The number of nitriles is 1. The van der Waals surface area contributed by atoms with Crippen LogP contribution in [0.5, 0.6) is 11.5 Å². The molecule has 3 aromatic rings. The predicted molar refractivity (Wildman–Crippen MR) is 73.0 cm³/mol. The van der Waals surface area contributed by atoms with Crippen molar-refractivity contribution >= 4 is 10.9 Å². The first-order valence-corrected chi connectivity index (χ1v) is 5.89. The molecule has 0 amide bonds. The van der Waals surface area contributed by atoms with E-state index in [1.54, 1.807) is 18.3 Å². The van der Waals surface area contributed by atoms with Crippen LogP contribution in [0.4, 0.5) is 0 Å². The smallest absolute Gasteiger partial charge is 0.145 e. The number of hydrogen-bond donors (Lipinski definition) is 0. The summed E-state index contributed by atoms with van der Waals surface area (Å²) in [7, 11) is 0. The van der Waals surface area contributed by atoms with Crippen LogP contribution in [0.15, 0.2) is 60.8 Å². The van der Waals surface area contributed by atoms with Gasteiger partial charge in [0.1, 0.15) is 17.6 Å². The summed E-state index contributed by atoms with van der Waals surface area (Å²) < 4.78 is 5.85. The Bertz CT molecular complexity index is 770. The second-order valence-corrected chi connectivity index (χ2v) is 4.04. The van der Waals surface area contributed by atoms with E-state index in [0.29, 0.717) is 17.1 Å². The van der Waals surface area contributed by atoms with Gasteiger partial charge in [-0.3, -0.25) is 4.98 Å². The van der Waals surface area contributed by atoms with E-state index in [9.17, 15) is 0 Å². The maximum Gasteiger partial charge on any atom is 0.145 e. The second-order valence-electron chi connectivity index (χ2n) is 4.04. The zero-order valence-corrected chi connectivity index (χ0v) is 10.1. The molecule has 0 saturated carbocycles. The lowest BCUT2D eigenvalue weighted by Gasteiger charge is -2.09. The topological polar surface area (TPSA) is 45.9 Å². The summed E-state index contributed by atoms with van der Waals surface area (Å²) in [6.45, 7) is 0. The van der Waals surface area contributed by atoms with Gasteiger partial charge >= 0.3 is 0 Å². The average Bonchev–Trinajstić information content (AvgIpc) is 2.48. The van der Waals surface area contributed by atoms with Crippen molar-refractivity contribution in [3.63, 3.8) is 0 Å². The molecular formula is C16H10N2O. The highest BCUT2D eigenvalue weighted by atomic mass is 16.5. The van der Waals surface area contributed by atoms with Crippen molar-refractivity contribution in [3.05, 3.63) is 66.4 Å². The van der Waals surface area contributed by atoms with Gasteiger partial charge in [-0.05, 0) is 36.4 Å². The van der Waals surface area contributed by atoms with E-state index < -0.39 is 0 Å². The highest BCUT2D eigenvalue weighted by Crippen LogP contribution is 2.30. The van der Waals surface area contributed by atoms with Gasteiger partial charge in [0, 0.05) is 11.6 Å². The summed E-state index contributed by atoms with van der Waals surface area (Å²) in [6.07, 6.45) is 1.75. The van der Waals surface area contributed by atoms with E-state index in [2.05, 4.69) is 11.1 Å². The van der Waals surface area contributed by atoms with E-state index in [4.69, 9.17) is 10.00 Å². The van der Waals surface area contributed by atoms with E-state index >= 15 is 0 Å².